The van der Waals surface area contributed by atoms with Crippen molar-refractivity contribution >= 4 is 5.82 Å². The molecule has 100 valence electrons. The standard InChI is InChI=1S/C15H20N4/c1-11-7-12(2)9-13(8-11)14-10-15(18-17-14)19-5-3-16-4-6-19/h7-10,16H,3-6H2,1-2H3,(H,17,18). The summed E-state index contributed by atoms with van der Waals surface area (Å²) in [5, 5.41) is 11.0. The highest BCUT2D eigenvalue weighted by Crippen LogP contribution is 2.24. The highest BCUT2D eigenvalue weighted by atomic mass is 15.3. The van der Waals surface area contributed by atoms with E-state index in [-0.39, 0.29) is 0 Å². The summed E-state index contributed by atoms with van der Waals surface area (Å²) >= 11 is 0. The topological polar surface area (TPSA) is 44.0 Å². The van der Waals surface area contributed by atoms with Gasteiger partial charge < -0.3 is 10.2 Å². The fourth-order valence-electron chi connectivity index (χ4n) is 2.65. The molecule has 0 amide bonds. The van der Waals surface area contributed by atoms with E-state index in [9.17, 15) is 0 Å². The minimum atomic E-state index is 1.02. The Hall–Kier alpha value is -1.81. The molecule has 0 aliphatic carbocycles. The van der Waals surface area contributed by atoms with Gasteiger partial charge in [0.05, 0.1) is 5.69 Å². The summed E-state index contributed by atoms with van der Waals surface area (Å²) in [4.78, 5) is 2.32. The van der Waals surface area contributed by atoms with Gasteiger partial charge in [-0.25, -0.2) is 0 Å². The second-order valence-corrected chi connectivity index (χ2v) is 5.25. The lowest BCUT2D eigenvalue weighted by Gasteiger charge is -2.26. The van der Waals surface area contributed by atoms with Crippen molar-refractivity contribution in [3.63, 3.8) is 0 Å². The van der Waals surface area contributed by atoms with Gasteiger partial charge >= 0.3 is 0 Å². The molecule has 4 heteroatoms. The van der Waals surface area contributed by atoms with Gasteiger partial charge in [0.2, 0.25) is 0 Å². The van der Waals surface area contributed by atoms with Crippen LogP contribution in [0.4, 0.5) is 5.82 Å². The van der Waals surface area contributed by atoms with Crippen LogP contribution in [0.1, 0.15) is 11.1 Å². The molecule has 1 aromatic heterocycles. The van der Waals surface area contributed by atoms with Crippen LogP contribution in [0.3, 0.4) is 0 Å². The third-order valence-corrected chi connectivity index (χ3v) is 3.54. The number of aromatic nitrogens is 2. The number of rotatable bonds is 2. The molecule has 1 fully saturated rings. The molecule has 0 atom stereocenters. The van der Waals surface area contributed by atoms with Gasteiger partial charge in [-0.05, 0) is 26.0 Å². The monoisotopic (exact) mass is 256 g/mol. The smallest absolute Gasteiger partial charge is 0.151 e. The predicted octanol–water partition coefficient (Wildman–Crippen LogP) is 2.10. The van der Waals surface area contributed by atoms with Gasteiger partial charge in [0.25, 0.3) is 0 Å². The first-order valence-electron chi connectivity index (χ1n) is 6.82. The molecule has 3 rings (SSSR count). The summed E-state index contributed by atoms with van der Waals surface area (Å²) in [5.74, 6) is 1.05. The zero-order valence-corrected chi connectivity index (χ0v) is 11.5. The maximum Gasteiger partial charge on any atom is 0.151 e. The van der Waals surface area contributed by atoms with E-state index in [1.165, 1.54) is 16.7 Å². The van der Waals surface area contributed by atoms with Crippen molar-refractivity contribution in [3.8, 4) is 11.3 Å². The maximum absolute atomic E-state index is 4.45. The number of nitrogens with one attached hydrogen (secondary N) is 2. The predicted molar refractivity (Wildman–Crippen MR) is 78.6 cm³/mol. The molecule has 0 saturated carbocycles. The van der Waals surface area contributed by atoms with Gasteiger partial charge in [0, 0.05) is 37.8 Å². The lowest BCUT2D eigenvalue weighted by molar-refractivity contribution is 0.584. The van der Waals surface area contributed by atoms with Crippen LogP contribution in [-0.2, 0) is 0 Å². The molecule has 1 saturated heterocycles. The van der Waals surface area contributed by atoms with E-state index >= 15 is 0 Å². The quantitative estimate of drug-likeness (QED) is 0.865. The van der Waals surface area contributed by atoms with Crippen LogP contribution in [-0.4, -0.2) is 36.4 Å². The lowest BCUT2D eigenvalue weighted by atomic mass is 10.1. The molecule has 4 nitrogen and oxygen atoms in total. The average molecular weight is 256 g/mol. The van der Waals surface area contributed by atoms with E-state index in [1.807, 2.05) is 0 Å². The van der Waals surface area contributed by atoms with Crippen molar-refractivity contribution in [2.45, 2.75) is 13.8 Å². The van der Waals surface area contributed by atoms with Crippen LogP contribution in [0.2, 0.25) is 0 Å². The first-order chi connectivity index (χ1) is 9.22. The minimum absolute atomic E-state index is 1.02. The maximum atomic E-state index is 4.45. The highest BCUT2D eigenvalue weighted by molar-refractivity contribution is 5.64. The van der Waals surface area contributed by atoms with Crippen LogP contribution in [0, 0.1) is 13.8 Å². The van der Waals surface area contributed by atoms with Crippen LogP contribution < -0.4 is 10.2 Å². The zero-order chi connectivity index (χ0) is 13.2. The molecule has 0 unspecified atom stereocenters. The molecular weight excluding hydrogens is 236 g/mol. The largest absolute Gasteiger partial charge is 0.353 e. The van der Waals surface area contributed by atoms with Crippen molar-refractivity contribution in [2.24, 2.45) is 0 Å². The summed E-state index contributed by atoms with van der Waals surface area (Å²) in [5.41, 5.74) is 4.88. The normalized spacial score (nSPS) is 15.8. The van der Waals surface area contributed by atoms with Gasteiger partial charge in [-0.2, -0.15) is 5.10 Å². The zero-order valence-electron chi connectivity index (χ0n) is 11.5. The Morgan fingerprint density at radius 3 is 2.37 bits per heavy atom. The molecule has 1 aromatic carbocycles. The van der Waals surface area contributed by atoms with E-state index in [2.05, 4.69) is 58.5 Å². The third-order valence-electron chi connectivity index (χ3n) is 3.54. The van der Waals surface area contributed by atoms with Crippen LogP contribution >= 0.6 is 0 Å². The molecule has 1 aliphatic heterocycles. The molecule has 2 aromatic rings. The highest BCUT2D eigenvalue weighted by Gasteiger charge is 2.14. The second kappa shape index (κ2) is 5.05. The molecule has 0 bridgehead atoms. The van der Waals surface area contributed by atoms with Crippen molar-refractivity contribution in [3.05, 3.63) is 35.4 Å². The summed E-state index contributed by atoms with van der Waals surface area (Å²) in [6.45, 7) is 8.37. The van der Waals surface area contributed by atoms with E-state index in [4.69, 9.17) is 0 Å². The van der Waals surface area contributed by atoms with Crippen molar-refractivity contribution in [1.29, 1.82) is 0 Å². The summed E-state index contributed by atoms with van der Waals surface area (Å²) in [7, 11) is 0. The van der Waals surface area contributed by atoms with Crippen LogP contribution in [0.25, 0.3) is 11.3 Å². The first kappa shape index (κ1) is 12.2. The van der Waals surface area contributed by atoms with Crippen molar-refractivity contribution in [1.82, 2.24) is 15.5 Å². The van der Waals surface area contributed by atoms with Gasteiger partial charge in [0.15, 0.2) is 5.82 Å². The number of H-pyrrole nitrogens is 1. The first-order valence-corrected chi connectivity index (χ1v) is 6.82. The third kappa shape index (κ3) is 2.63. The Labute approximate surface area is 113 Å². The van der Waals surface area contributed by atoms with Gasteiger partial charge in [0.1, 0.15) is 0 Å². The number of benzene rings is 1. The van der Waals surface area contributed by atoms with Crippen molar-refractivity contribution in [2.75, 3.05) is 31.1 Å². The average Bonchev–Trinajstić information content (AvgIpc) is 2.88. The Morgan fingerprint density at radius 1 is 1.00 bits per heavy atom. The van der Waals surface area contributed by atoms with Gasteiger partial charge in [-0.3, -0.25) is 5.10 Å². The molecule has 2 N–H and O–H groups in total. The van der Waals surface area contributed by atoms with Gasteiger partial charge in [-0.1, -0.05) is 17.2 Å². The van der Waals surface area contributed by atoms with Gasteiger partial charge in [-0.15, -0.1) is 0 Å². The minimum Gasteiger partial charge on any atom is -0.353 e. The summed E-state index contributed by atoms with van der Waals surface area (Å²) in [6.07, 6.45) is 0. The number of aryl methyl sites for hydroxylation is 2. The van der Waals surface area contributed by atoms with E-state index in [0.717, 1.165) is 37.7 Å². The SMILES string of the molecule is Cc1cc(C)cc(-c2cc(N3CCNCC3)n[nH]2)c1. The number of nitrogens with zero attached hydrogens (tertiary/aromatic N) is 2. The molecule has 19 heavy (non-hydrogen) atoms. The lowest BCUT2D eigenvalue weighted by Crippen LogP contribution is -2.43. The summed E-state index contributed by atoms with van der Waals surface area (Å²) in [6, 6.07) is 8.74. The Morgan fingerprint density at radius 2 is 1.68 bits per heavy atom. The fraction of sp³-hybridized carbons (Fsp3) is 0.400. The van der Waals surface area contributed by atoms with E-state index < -0.39 is 0 Å². The molecule has 1 aliphatic rings. The fourth-order valence-corrected chi connectivity index (χ4v) is 2.65. The van der Waals surface area contributed by atoms with Crippen LogP contribution in [0.5, 0.6) is 0 Å². The molecule has 0 spiro atoms. The number of piperazine rings is 1. The summed E-state index contributed by atoms with van der Waals surface area (Å²) < 4.78 is 0. The number of hydrogen-bond donors (Lipinski definition) is 2. The Balaban J connectivity index is 1.87. The molecule has 2 heterocycles. The van der Waals surface area contributed by atoms with Crippen molar-refractivity contribution < 1.29 is 0 Å². The number of aromatic amines is 1. The molecular formula is C15H20N4. The Kier molecular flexibility index (Phi) is 3.25. The number of anilines is 1. The van der Waals surface area contributed by atoms with E-state index in [1.54, 1.807) is 0 Å². The number of hydrogen-bond acceptors (Lipinski definition) is 3. The van der Waals surface area contributed by atoms with E-state index in [0.29, 0.717) is 0 Å². The van der Waals surface area contributed by atoms with Crippen LogP contribution in [0.15, 0.2) is 24.3 Å². The Bertz CT molecular complexity index is 547. The second-order valence-electron chi connectivity index (χ2n) is 5.25. The molecule has 0 radical (unpaired) electrons.